The van der Waals surface area contributed by atoms with Crippen LogP contribution in [0.3, 0.4) is 0 Å². The van der Waals surface area contributed by atoms with Crippen LogP contribution in [0.25, 0.3) is 11.0 Å². The van der Waals surface area contributed by atoms with E-state index in [1.54, 1.807) is 28.0 Å². The predicted molar refractivity (Wildman–Crippen MR) is 122 cm³/mol. The summed E-state index contributed by atoms with van der Waals surface area (Å²) in [6.45, 7) is 2.27. The second kappa shape index (κ2) is 8.90. The van der Waals surface area contributed by atoms with E-state index in [4.69, 9.17) is 4.42 Å². The van der Waals surface area contributed by atoms with Crippen molar-refractivity contribution in [3.63, 3.8) is 0 Å². The minimum absolute atomic E-state index is 0.0187. The molecule has 0 bridgehead atoms. The van der Waals surface area contributed by atoms with Crippen molar-refractivity contribution in [3.05, 3.63) is 83.8 Å². The smallest absolute Gasteiger partial charge is 0.247 e. The number of furan rings is 1. The highest BCUT2D eigenvalue weighted by Crippen LogP contribution is 2.35. The van der Waals surface area contributed by atoms with E-state index >= 15 is 0 Å². The SMILES string of the molecule is Cc1ccc([C@@H](C(=O)NCc2ccco2)N(C(=O)Cn2nnc3ccccc32)C2CC2)cc1. The molecule has 0 spiro atoms. The monoisotopic (exact) mass is 443 g/mol. The summed E-state index contributed by atoms with van der Waals surface area (Å²) in [6.07, 6.45) is 3.32. The van der Waals surface area contributed by atoms with E-state index in [9.17, 15) is 9.59 Å². The van der Waals surface area contributed by atoms with Gasteiger partial charge in [0.15, 0.2) is 0 Å². The Hall–Kier alpha value is -3.94. The number of nitrogens with zero attached hydrogens (tertiary/aromatic N) is 4. The number of benzene rings is 2. The van der Waals surface area contributed by atoms with Gasteiger partial charge in [-0.15, -0.1) is 5.10 Å². The summed E-state index contributed by atoms with van der Waals surface area (Å²) in [4.78, 5) is 28.7. The maximum Gasteiger partial charge on any atom is 0.247 e. The minimum atomic E-state index is -0.740. The van der Waals surface area contributed by atoms with Gasteiger partial charge in [0, 0.05) is 6.04 Å². The van der Waals surface area contributed by atoms with Crippen LogP contribution in [0.5, 0.6) is 0 Å². The van der Waals surface area contributed by atoms with Gasteiger partial charge in [-0.1, -0.05) is 47.2 Å². The van der Waals surface area contributed by atoms with Gasteiger partial charge in [-0.05, 0) is 49.6 Å². The van der Waals surface area contributed by atoms with E-state index in [1.807, 2.05) is 55.5 Å². The second-order valence-electron chi connectivity index (χ2n) is 8.38. The third-order valence-electron chi connectivity index (χ3n) is 5.87. The van der Waals surface area contributed by atoms with Gasteiger partial charge in [0.25, 0.3) is 0 Å². The number of aromatic nitrogens is 3. The molecule has 2 aromatic heterocycles. The maximum atomic E-state index is 13.6. The number of fused-ring (bicyclic) bond motifs is 1. The number of amides is 2. The standard InChI is InChI=1S/C25H25N5O3/c1-17-8-10-18(11-9-17)24(25(32)26-15-20-5-4-14-33-20)30(19-12-13-19)23(31)16-29-22-7-3-2-6-21(22)27-28-29/h2-11,14,19,24H,12-13,15-16H2,1H3,(H,26,32)/t24-/m0/s1. The van der Waals surface area contributed by atoms with Crippen LogP contribution in [0.15, 0.2) is 71.3 Å². The molecule has 168 valence electrons. The summed E-state index contributed by atoms with van der Waals surface area (Å²) >= 11 is 0. The molecule has 8 nitrogen and oxygen atoms in total. The third-order valence-corrected chi connectivity index (χ3v) is 5.87. The van der Waals surface area contributed by atoms with E-state index in [-0.39, 0.29) is 30.9 Å². The molecule has 8 heteroatoms. The van der Waals surface area contributed by atoms with E-state index in [1.165, 1.54) is 0 Å². The maximum absolute atomic E-state index is 13.6. The van der Waals surface area contributed by atoms with Gasteiger partial charge in [0.05, 0.1) is 18.3 Å². The highest BCUT2D eigenvalue weighted by molar-refractivity contribution is 5.89. The quantitative estimate of drug-likeness (QED) is 0.451. The van der Waals surface area contributed by atoms with Crippen molar-refractivity contribution in [3.8, 4) is 0 Å². The van der Waals surface area contributed by atoms with E-state index in [2.05, 4.69) is 15.6 Å². The Labute approximate surface area is 191 Å². The number of carbonyl (C=O) groups is 2. The molecule has 1 fully saturated rings. The summed E-state index contributed by atoms with van der Waals surface area (Å²) < 4.78 is 6.95. The summed E-state index contributed by atoms with van der Waals surface area (Å²) in [5.41, 5.74) is 3.39. The highest BCUT2D eigenvalue weighted by atomic mass is 16.3. The molecule has 2 amide bonds. The first-order valence-electron chi connectivity index (χ1n) is 11.1. The molecule has 2 aromatic carbocycles. The van der Waals surface area contributed by atoms with Crippen LogP contribution in [0.2, 0.25) is 0 Å². The Morgan fingerprint density at radius 2 is 1.91 bits per heavy atom. The highest BCUT2D eigenvalue weighted by Gasteiger charge is 2.41. The lowest BCUT2D eigenvalue weighted by atomic mass is 10.0. The van der Waals surface area contributed by atoms with Crippen LogP contribution >= 0.6 is 0 Å². The fourth-order valence-corrected chi connectivity index (χ4v) is 4.03. The van der Waals surface area contributed by atoms with Crippen LogP contribution in [0, 0.1) is 6.92 Å². The first-order chi connectivity index (χ1) is 16.1. The van der Waals surface area contributed by atoms with Crippen LogP contribution in [0.1, 0.15) is 35.8 Å². The van der Waals surface area contributed by atoms with Crippen molar-refractivity contribution in [2.45, 2.75) is 44.9 Å². The lowest BCUT2D eigenvalue weighted by Crippen LogP contribution is -2.46. The minimum Gasteiger partial charge on any atom is -0.467 e. The van der Waals surface area contributed by atoms with Crippen LogP contribution in [0.4, 0.5) is 0 Å². The Bertz CT molecular complexity index is 1260. The van der Waals surface area contributed by atoms with E-state index < -0.39 is 6.04 Å². The van der Waals surface area contributed by atoms with E-state index in [0.717, 1.165) is 35.0 Å². The molecule has 0 radical (unpaired) electrons. The Balaban J connectivity index is 1.44. The molecule has 1 atom stereocenters. The lowest BCUT2D eigenvalue weighted by Gasteiger charge is -2.31. The van der Waals surface area contributed by atoms with Gasteiger partial charge in [0.2, 0.25) is 11.8 Å². The van der Waals surface area contributed by atoms with Crippen molar-refractivity contribution in [2.24, 2.45) is 0 Å². The zero-order valence-electron chi connectivity index (χ0n) is 18.3. The molecule has 33 heavy (non-hydrogen) atoms. The van der Waals surface area contributed by atoms with Gasteiger partial charge >= 0.3 is 0 Å². The molecule has 0 saturated heterocycles. The van der Waals surface area contributed by atoms with Gasteiger partial charge in [-0.3, -0.25) is 9.59 Å². The van der Waals surface area contributed by atoms with Crippen molar-refractivity contribution in [2.75, 3.05) is 0 Å². The van der Waals surface area contributed by atoms with Crippen molar-refractivity contribution >= 4 is 22.8 Å². The average Bonchev–Trinajstić information content (AvgIpc) is 3.36. The van der Waals surface area contributed by atoms with Crippen LogP contribution in [-0.4, -0.2) is 37.7 Å². The molecular weight excluding hydrogens is 418 g/mol. The topological polar surface area (TPSA) is 93.3 Å². The lowest BCUT2D eigenvalue weighted by molar-refractivity contribution is -0.142. The molecule has 1 saturated carbocycles. The first-order valence-corrected chi connectivity index (χ1v) is 11.1. The summed E-state index contributed by atoms with van der Waals surface area (Å²) in [7, 11) is 0. The van der Waals surface area contributed by atoms with Gasteiger partial charge in [0.1, 0.15) is 23.9 Å². The van der Waals surface area contributed by atoms with Crippen molar-refractivity contribution < 1.29 is 14.0 Å². The number of para-hydroxylation sites is 1. The number of nitrogens with one attached hydrogen (secondary N) is 1. The zero-order valence-corrected chi connectivity index (χ0v) is 18.3. The Morgan fingerprint density at radius 3 is 2.64 bits per heavy atom. The van der Waals surface area contributed by atoms with Crippen LogP contribution in [-0.2, 0) is 22.7 Å². The molecule has 1 aliphatic rings. The number of carbonyl (C=O) groups excluding carboxylic acids is 2. The largest absolute Gasteiger partial charge is 0.467 e. The molecular formula is C25H25N5O3. The predicted octanol–water partition coefficient (Wildman–Crippen LogP) is 3.38. The summed E-state index contributed by atoms with van der Waals surface area (Å²) in [5.74, 6) is 0.259. The fraction of sp³-hybridized carbons (Fsp3) is 0.280. The molecule has 5 rings (SSSR count). The van der Waals surface area contributed by atoms with Gasteiger partial charge in [-0.2, -0.15) is 0 Å². The normalized spacial score (nSPS) is 14.2. The Morgan fingerprint density at radius 1 is 1.12 bits per heavy atom. The zero-order chi connectivity index (χ0) is 22.8. The number of rotatable bonds is 8. The van der Waals surface area contributed by atoms with E-state index in [0.29, 0.717) is 5.76 Å². The van der Waals surface area contributed by atoms with Gasteiger partial charge in [-0.25, -0.2) is 4.68 Å². The fourth-order valence-electron chi connectivity index (χ4n) is 4.03. The third kappa shape index (κ3) is 4.50. The molecule has 1 N–H and O–H groups in total. The Kier molecular flexibility index (Phi) is 5.64. The molecule has 1 aliphatic carbocycles. The summed E-state index contributed by atoms with van der Waals surface area (Å²) in [5, 5.41) is 11.3. The number of hydrogen-bond donors (Lipinski definition) is 1. The van der Waals surface area contributed by atoms with Gasteiger partial charge < -0.3 is 14.6 Å². The average molecular weight is 444 g/mol. The van der Waals surface area contributed by atoms with Crippen molar-refractivity contribution in [1.29, 1.82) is 0 Å². The van der Waals surface area contributed by atoms with Crippen LogP contribution < -0.4 is 5.32 Å². The van der Waals surface area contributed by atoms with Crippen molar-refractivity contribution in [1.82, 2.24) is 25.2 Å². The second-order valence-corrected chi connectivity index (χ2v) is 8.38. The number of hydrogen-bond acceptors (Lipinski definition) is 5. The molecule has 0 aliphatic heterocycles. The molecule has 0 unspecified atom stereocenters. The number of aryl methyl sites for hydroxylation is 1. The molecule has 4 aromatic rings. The summed E-state index contributed by atoms with van der Waals surface area (Å²) in [6, 6.07) is 18.1. The molecule has 2 heterocycles. The first kappa shape index (κ1) is 20.9.